The molecule has 14 heteroatoms. The summed E-state index contributed by atoms with van der Waals surface area (Å²) in [5, 5.41) is 8.60. The number of fused-ring (bicyclic) bond motifs is 3. The molecule has 2 aromatic carbocycles. The highest BCUT2D eigenvalue weighted by Gasteiger charge is 2.45. The minimum absolute atomic E-state index is 0.00386. The molecule has 1 saturated heterocycles. The van der Waals surface area contributed by atoms with E-state index in [-0.39, 0.29) is 23.9 Å². The van der Waals surface area contributed by atoms with Crippen molar-refractivity contribution >= 4 is 35.7 Å². The molecular formula is C30H28F3N5O5S. The molecule has 44 heavy (non-hydrogen) atoms. The van der Waals surface area contributed by atoms with Crippen LogP contribution in [0.15, 0.2) is 81.3 Å². The van der Waals surface area contributed by atoms with Crippen LogP contribution in [-0.2, 0) is 14.3 Å². The summed E-state index contributed by atoms with van der Waals surface area (Å²) in [5.74, 6) is -0.766. The third-order valence-electron chi connectivity index (χ3n) is 7.66. The standard InChI is InChI=1S/C30H28F3N5O5S/c1-16(21-10-18-13-34-9-8-20(18)37-21)36-29(41)22-12-19(43-30(31,32)33)15-38(22)27(39)14-35-28(40)17-6-7-26-24(11-17)42-23-4-2-3-5-25(23)44-26/h2-11,13,16,18-20,22,37H,12,14-15H2,1H3,(H,35,40)(H,36,41)/t16-,18?,19-,20?,22+/m1/s1. The Bertz CT molecular complexity index is 1580. The molecule has 0 saturated carbocycles. The van der Waals surface area contributed by atoms with Gasteiger partial charge in [-0.25, -0.2) is 0 Å². The molecule has 3 amide bonds. The number of amides is 3. The lowest BCUT2D eigenvalue weighted by molar-refractivity contribution is -0.340. The molecule has 0 aromatic heterocycles. The van der Waals surface area contributed by atoms with Crippen LogP contribution in [0.1, 0.15) is 23.7 Å². The number of nitrogens with one attached hydrogen (secondary N) is 3. The quantitative estimate of drug-likeness (QED) is 0.365. The molecule has 3 N–H and O–H groups in total. The molecule has 0 aliphatic carbocycles. The predicted molar refractivity (Wildman–Crippen MR) is 154 cm³/mol. The van der Waals surface area contributed by atoms with Crippen LogP contribution in [0.4, 0.5) is 13.2 Å². The summed E-state index contributed by atoms with van der Waals surface area (Å²) in [5.41, 5.74) is 0.964. The number of nitrogens with zero attached hydrogens (tertiary/aromatic N) is 2. The Kier molecular flexibility index (Phi) is 8.12. The summed E-state index contributed by atoms with van der Waals surface area (Å²) >= 11 is 1.50. The first-order chi connectivity index (χ1) is 21.0. The molecule has 0 spiro atoms. The van der Waals surface area contributed by atoms with Gasteiger partial charge in [-0.2, -0.15) is 0 Å². The highest BCUT2D eigenvalue weighted by Crippen LogP contribution is 2.47. The number of likely N-dealkylation sites (tertiary alicyclic amines) is 1. The molecule has 230 valence electrons. The third kappa shape index (κ3) is 6.45. The van der Waals surface area contributed by atoms with Gasteiger partial charge in [-0.3, -0.25) is 24.1 Å². The number of benzene rings is 2. The SMILES string of the molecule is C[C@@H](NC(=O)[C@@H]1C[C@@H](OC(F)(F)F)CN1C(=O)CNC(=O)c1ccc2c(c1)Oc1ccccc1S2)C1=CC2C=NC=CC2N1. The van der Waals surface area contributed by atoms with E-state index in [0.717, 1.165) is 20.4 Å². The minimum Gasteiger partial charge on any atom is -0.455 e. The second-order valence-electron chi connectivity index (χ2n) is 10.7. The molecule has 0 radical (unpaired) electrons. The summed E-state index contributed by atoms with van der Waals surface area (Å²) in [7, 11) is 0. The molecule has 4 aliphatic heterocycles. The molecule has 4 aliphatic rings. The average molecular weight is 628 g/mol. The molecule has 2 unspecified atom stereocenters. The summed E-state index contributed by atoms with van der Waals surface area (Å²) in [6, 6.07) is 10.6. The normalized spacial score (nSPS) is 23.8. The summed E-state index contributed by atoms with van der Waals surface area (Å²) in [4.78, 5) is 46.3. The maximum Gasteiger partial charge on any atom is 0.522 e. The largest absolute Gasteiger partial charge is 0.522 e. The minimum atomic E-state index is -4.94. The van der Waals surface area contributed by atoms with Gasteiger partial charge in [0.1, 0.15) is 17.5 Å². The number of carbonyl (C=O) groups is 3. The fraction of sp³-hybridized carbons (Fsp3) is 0.333. The lowest BCUT2D eigenvalue weighted by Crippen LogP contribution is -2.51. The predicted octanol–water partition coefficient (Wildman–Crippen LogP) is 3.75. The van der Waals surface area contributed by atoms with E-state index >= 15 is 0 Å². The number of rotatable bonds is 7. The molecular weight excluding hydrogens is 599 g/mol. The van der Waals surface area contributed by atoms with Crippen LogP contribution in [0.5, 0.6) is 11.5 Å². The summed E-state index contributed by atoms with van der Waals surface area (Å²) in [6.45, 7) is 0.740. The number of alkyl halides is 3. The van der Waals surface area contributed by atoms with E-state index in [2.05, 4.69) is 25.7 Å². The lowest BCUT2D eigenvalue weighted by atomic mass is 10.0. The van der Waals surface area contributed by atoms with Crippen molar-refractivity contribution in [3.05, 3.63) is 72.1 Å². The van der Waals surface area contributed by atoms with Gasteiger partial charge in [0.25, 0.3) is 5.91 Å². The molecule has 2 aromatic rings. The van der Waals surface area contributed by atoms with Crippen molar-refractivity contribution in [2.75, 3.05) is 13.1 Å². The number of halogens is 3. The molecule has 10 nitrogen and oxygen atoms in total. The molecule has 0 bridgehead atoms. The first-order valence-corrected chi connectivity index (χ1v) is 14.8. The van der Waals surface area contributed by atoms with Gasteiger partial charge < -0.3 is 25.6 Å². The monoisotopic (exact) mass is 627 g/mol. The Morgan fingerprint density at radius 1 is 1.18 bits per heavy atom. The smallest absolute Gasteiger partial charge is 0.455 e. The van der Waals surface area contributed by atoms with E-state index in [9.17, 15) is 27.6 Å². The average Bonchev–Trinajstić information content (AvgIpc) is 3.62. The van der Waals surface area contributed by atoms with Crippen LogP contribution in [0.2, 0.25) is 0 Å². The topological polar surface area (TPSA) is 121 Å². The summed E-state index contributed by atoms with van der Waals surface area (Å²) < 4.78 is 49.2. The maximum absolute atomic E-state index is 13.3. The van der Waals surface area contributed by atoms with Gasteiger partial charge in [-0.05, 0) is 43.3 Å². The number of para-hydroxylation sites is 1. The van der Waals surface area contributed by atoms with Gasteiger partial charge in [-0.1, -0.05) is 30.0 Å². The van der Waals surface area contributed by atoms with Crippen LogP contribution >= 0.6 is 11.8 Å². The van der Waals surface area contributed by atoms with Gasteiger partial charge in [-0.15, -0.1) is 13.2 Å². The van der Waals surface area contributed by atoms with Crippen molar-refractivity contribution < 1.29 is 37.0 Å². The number of ether oxygens (including phenoxy) is 2. The zero-order valence-corrected chi connectivity index (χ0v) is 24.2. The zero-order chi connectivity index (χ0) is 31.0. The van der Waals surface area contributed by atoms with E-state index in [0.29, 0.717) is 11.5 Å². The first kappa shape index (κ1) is 29.8. The van der Waals surface area contributed by atoms with Crippen LogP contribution < -0.4 is 20.7 Å². The molecule has 6 rings (SSSR count). The van der Waals surface area contributed by atoms with Crippen molar-refractivity contribution in [2.45, 2.75) is 53.7 Å². The molecule has 4 heterocycles. The summed E-state index contributed by atoms with van der Waals surface area (Å²) in [6.07, 6.45) is 0.533. The fourth-order valence-corrected chi connectivity index (χ4v) is 6.46. The molecule has 5 atom stereocenters. The van der Waals surface area contributed by atoms with Crippen molar-refractivity contribution in [1.82, 2.24) is 20.9 Å². The number of hydrogen-bond acceptors (Lipinski definition) is 8. The number of aliphatic imine (C=N–C) groups is 1. The molecule has 1 fully saturated rings. The van der Waals surface area contributed by atoms with Gasteiger partial charge in [0.15, 0.2) is 0 Å². The second kappa shape index (κ2) is 12.0. The van der Waals surface area contributed by atoms with Gasteiger partial charge in [0, 0.05) is 42.6 Å². The van der Waals surface area contributed by atoms with Crippen LogP contribution in [-0.4, -0.2) is 72.5 Å². The van der Waals surface area contributed by atoms with Crippen molar-refractivity contribution in [3.8, 4) is 11.5 Å². The lowest BCUT2D eigenvalue weighted by Gasteiger charge is -2.26. The highest BCUT2D eigenvalue weighted by atomic mass is 32.2. The Hall–Kier alpha value is -4.30. The maximum atomic E-state index is 13.3. The van der Waals surface area contributed by atoms with Gasteiger partial charge in [0.05, 0.1) is 34.5 Å². The fourth-order valence-electron chi connectivity index (χ4n) is 5.53. The zero-order valence-electron chi connectivity index (χ0n) is 23.3. The van der Waals surface area contributed by atoms with E-state index in [1.165, 1.54) is 11.8 Å². The van der Waals surface area contributed by atoms with Crippen molar-refractivity contribution in [2.24, 2.45) is 10.9 Å². The number of carbonyl (C=O) groups excluding carboxylic acids is 3. The Morgan fingerprint density at radius 3 is 2.77 bits per heavy atom. The van der Waals surface area contributed by atoms with Crippen molar-refractivity contribution in [1.29, 1.82) is 0 Å². The first-order valence-electron chi connectivity index (χ1n) is 13.9. The Labute approximate surface area is 254 Å². The van der Waals surface area contributed by atoms with Crippen LogP contribution in [0.3, 0.4) is 0 Å². The Morgan fingerprint density at radius 2 is 1.98 bits per heavy atom. The van der Waals surface area contributed by atoms with E-state index in [4.69, 9.17) is 4.74 Å². The van der Waals surface area contributed by atoms with E-state index in [1.54, 1.807) is 37.5 Å². The van der Waals surface area contributed by atoms with Crippen LogP contribution in [0.25, 0.3) is 0 Å². The third-order valence-corrected chi connectivity index (χ3v) is 8.78. The van der Waals surface area contributed by atoms with Crippen molar-refractivity contribution in [3.63, 3.8) is 0 Å². The van der Waals surface area contributed by atoms with E-state index < -0.39 is 55.4 Å². The highest BCUT2D eigenvalue weighted by molar-refractivity contribution is 7.99. The Balaban J connectivity index is 1.10. The second-order valence-corrected chi connectivity index (χ2v) is 11.8. The number of hydrogen-bond donors (Lipinski definition) is 3. The van der Waals surface area contributed by atoms with E-state index in [1.807, 2.05) is 36.4 Å². The van der Waals surface area contributed by atoms with Gasteiger partial charge in [0.2, 0.25) is 11.8 Å². The van der Waals surface area contributed by atoms with Crippen LogP contribution in [0, 0.1) is 5.92 Å². The van der Waals surface area contributed by atoms with Gasteiger partial charge >= 0.3 is 6.36 Å².